The van der Waals surface area contributed by atoms with Crippen LogP contribution in [0.15, 0.2) is 70.5 Å². The van der Waals surface area contributed by atoms with Crippen molar-refractivity contribution >= 4 is 43.2 Å². The van der Waals surface area contributed by atoms with Gasteiger partial charge in [-0.3, -0.25) is 9.10 Å². The van der Waals surface area contributed by atoms with Crippen LogP contribution < -0.4 is 28.6 Å². The molecule has 0 radical (unpaired) electrons. The quantitative estimate of drug-likeness (QED) is 0.263. The maximum Gasteiger partial charge on any atom is 0.265 e. The maximum absolute atomic E-state index is 13.9. The average Bonchev–Trinajstić information content (AvgIpc) is 2.97. The Balaban J connectivity index is 1.78. The molecule has 0 saturated heterocycles. The lowest BCUT2D eigenvalue weighted by atomic mass is 10.3. The Morgan fingerprint density at radius 3 is 1.98 bits per heavy atom. The second-order valence-corrected chi connectivity index (χ2v) is 13.3. The van der Waals surface area contributed by atoms with E-state index >= 15 is 0 Å². The number of carbonyl (C=O) groups excluding carboxylic acids is 1. The van der Waals surface area contributed by atoms with Crippen molar-refractivity contribution in [2.24, 2.45) is 0 Å². The second-order valence-electron chi connectivity index (χ2n) is 8.80. The van der Waals surface area contributed by atoms with Crippen LogP contribution in [0.5, 0.6) is 23.0 Å². The van der Waals surface area contributed by atoms with Crippen LogP contribution in [0.2, 0.25) is 5.02 Å². The Bertz CT molecular complexity index is 1610. The summed E-state index contributed by atoms with van der Waals surface area (Å²) in [5.41, 5.74) is 0.0546. The molecule has 42 heavy (non-hydrogen) atoms. The highest BCUT2D eigenvalue weighted by Crippen LogP contribution is 2.37. The lowest BCUT2D eigenvalue weighted by Crippen LogP contribution is -2.42. The number of amides is 1. The van der Waals surface area contributed by atoms with Gasteiger partial charge in [0.2, 0.25) is 15.9 Å². The molecule has 0 aliphatic rings. The average molecular weight is 642 g/mol. The molecule has 0 unspecified atom stereocenters. The molecule has 228 valence electrons. The van der Waals surface area contributed by atoms with E-state index in [1.165, 1.54) is 96.1 Å². The summed E-state index contributed by atoms with van der Waals surface area (Å²) in [5.74, 6) is 0.459. The zero-order valence-corrected chi connectivity index (χ0v) is 26.0. The predicted octanol–water partition coefficient (Wildman–Crippen LogP) is 3.01. The summed E-state index contributed by atoms with van der Waals surface area (Å²) in [7, 11) is -0.872. The van der Waals surface area contributed by atoms with Crippen molar-refractivity contribution in [1.82, 2.24) is 9.62 Å². The number of hydrogen-bond donors (Lipinski definition) is 1. The van der Waals surface area contributed by atoms with E-state index in [0.29, 0.717) is 11.5 Å². The van der Waals surface area contributed by atoms with Crippen LogP contribution in [-0.4, -0.2) is 82.2 Å². The Morgan fingerprint density at radius 1 is 0.786 bits per heavy atom. The highest BCUT2D eigenvalue weighted by atomic mass is 35.5. The smallest absolute Gasteiger partial charge is 0.265 e. The largest absolute Gasteiger partial charge is 0.495 e. The van der Waals surface area contributed by atoms with Gasteiger partial charge in [0.15, 0.2) is 11.5 Å². The molecule has 0 spiro atoms. The van der Waals surface area contributed by atoms with E-state index in [9.17, 15) is 21.6 Å². The lowest BCUT2D eigenvalue weighted by molar-refractivity contribution is -0.119. The number of nitrogens with zero attached hydrogens (tertiary/aromatic N) is 2. The number of nitrogens with one attached hydrogen (secondary N) is 1. The number of benzene rings is 3. The molecule has 0 fully saturated rings. The van der Waals surface area contributed by atoms with E-state index in [0.717, 1.165) is 8.61 Å². The fraction of sp³-hybridized carbons (Fsp3) is 0.296. The van der Waals surface area contributed by atoms with Crippen LogP contribution in [0.3, 0.4) is 0 Å². The fourth-order valence-corrected chi connectivity index (χ4v) is 6.23. The molecule has 1 amide bonds. The summed E-state index contributed by atoms with van der Waals surface area (Å²) in [6.45, 7) is -0.535. The highest BCUT2D eigenvalue weighted by molar-refractivity contribution is 7.93. The molecule has 12 nitrogen and oxygen atoms in total. The van der Waals surface area contributed by atoms with Crippen molar-refractivity contribution in [3.05, 3.63) is 65.7 Å². The molecular formula is C27H32ClN3O9S2. The molecule has 0 heterocycles. The predicted molar refractivity (Wildman–Crippen MR) is 158 cm³/mol. The SMILES string of the molecule is COc1ccc(S(=O)(=O)N(CC(=O)NCCOc2ccc(S(=O)(=O)N(C)C)cc2)c2cc(Cl)ccc2OC)cc1OC. The summed E-state index contributed by atoms with van der Waals surface area (Å²) in [4.78, 5) is 12.9. The Morgan fingerprint density at radius 2 is 1.38 bits per heavy atom. The van der Waals surface area contributed by atoms with Gasteiger partial charge in [-0.25, -0.2) is 21.1 Å². The third-order valence-corrected chi connectivity index (χ3v) is 9.76. The minimum Gasteiger partial charge on any atom is -0.495 e. The van der Waals surface area contributed by atoms with Crippen molar-refractivity contribution in [2.75, 3.05) is 59.4 Å². The third-order valence-electron chi connectivity index (χ3n) is 5.94. The van der Waals surface area contributed by atoms with Crippen LogP contribution >= 0.6 is 11.6 Å². The zero-order valence-electron chi connectivity index (χ0n) is 23.7. The minimum atomic E-state index is -4.34. The molecule has 0 aliphatic carbocycles. The van der Waals surface area contributed by atoms with Crippen LogP contribution in [0.25, 0.3) is 0 Å². The number of carbonyl (C=O) groups is 1. The van der Waals surface area contributed by atoms with Gasteiger partial charge in [0.25, 0.3) is 10.0 Å². The molecule has 3 rings (SSSR count). The molecule has 3 aromatic rings. The van der Waals surface area contributed by atoms with Gasteiger partial charge >= 0.3 is 0 Å². The Hall–Kier alpha value is -3.72. The first kappa shape index (κ1) is 32.8. The van der Waals surface area contributed by atoms with Gasteiger partial charge in [-0.2, -0.15) is 0 Å². The Labute approximate surface area is 250 Å². The number of sulfonamides is 2. The van der Waals surface area contributed by atoms with Crippen molar-refractivity contribution < 1.29 is 40.6 Å². The zero-order chi connectivity index (χ0) is 31.1. The van der Waals surface area contributed by atoms with E-state index in [2.05, 4.69) is 5.32 Å². The normalized spacial score (nSPS) is 11.6. The van der Waals surface area contributed by atoms with E-state index < -0.39 is 32.5 Å². The minimum absolute atomic E-state index is 0.0352. The number of hydrogen-bond acceptors (Lipinski definition) is 9. The van der Waals surface area contributed by atoms with Gasteiger partial charge in [0.1, 0.15) is 24.7 Å². The van der Waals surface area contributed by atoms with Crippen molar-refractivity contribution in [3.8, 4) is 23.0 Å². The van der Waals surface area contributed by atoms with Crippen LogP contribution in [0, 0.1) is 0 Å². The number of ether oxygens (including phenoxy) is 4. The molecule has 3 aromatic carbocycles. The first-order valence-electron chi connectivity index (χ1n) is 12.4. The van der Waals surface area contributed by atoms with Gasteiger partial charge in [-0.05, 0) is 54.6 Å². The summed E-state index contributed by atoms with van der Waals surface area (Å²) < 4.78 is 75.5. The van der Waals surface area contributed by atoms with E-state index in [4.69, 9.17) is 30.5 Å². The Kier molecular flexibility index (Phi) is 10.9. The van der Waals surface area contributed by atoms with Crippen LogP contribution in [-0.2, 0) is 24.8 Å². The van der Waals surface area contributed by atoms with Gasteiger partial charge in [0.05, 0.1) is 43.4 Å². The van der Waals surface area contributed by atoms with Crippen LogP contribution in [0.1, 0.15) is 0 Å². The molecule has 0 bridgehead atoms. The number of halogens is 1. The monoisotopic (exact) mass is 641 g/mol. The molecule has 1 N–H and O–H groups in total. The van der Waals surface area contributed by atoms with Gasteiger partial charge in [0, 0.05) is 25.2 Å². The van der Waals surface area contributed by atoms with Crippen LogP contribution in [0.4, 0.5) is 5.69 Å². The summed E-state index contributed by atoms with van der Waals surface area (Å²) >= 11 is 6.18. The first-order valence-corrected chi connectivity index (χ1v) is 15.6. The second kappa shape index (κ2) is 14.0. The summed E-state index contributed by atoms with van der Waals surface area (Å²) in [6.07, 6.45) is 0. The molecule has 0 aliphatic heterocycles. The number of anilines is 1. The van der Waals surface area contributed by atoms with Crippen molar-refractivity contribution in [3.63, 3.8) is 0 Å². The molecule has 0 saturated carbocycles. The van der Waals surface area contributed by atoms with E-state index in [1.807, 2.05) is 0 Å². The van der Waals surface area contributed by atoms with Gasteiger partial charge in [-0.15, -0.1) is 0 Å². The van der Waals surface area contributed by atoms with Gasteiger partial charge < -0.3 is 24.3 Å². The summed E-state index contributed by atoms with van der Waals surface area (Å²) in [6, 6.07) is 14.3. The van der Waals surface area contributed by atoms with E-state index in [-0.39, 0.29) is 45.2 Å². The van der Waals surface area contributed by atoms with E-state index in [1.54, 1.807) is 0 Å². The summed E-state index contributed by atoms with van der Waals surface area (Å²) in [5, 5.41) is 2.86. The maximum atomic E-state index is 13.9. The van der Waals surface area contributed by atoms with Gasteiger partial charge in [-0.1, -0.05) is 11.6 Å². The first-order chi connectivity index (χ1) is 19.8. The fourth-order valence-electron chi connectivity index (χ4n) is 3.73. The number of methoxy groups -OCH3 is 3. The topological polar surface area (TPSA) is 141 Å². The third kappa shape index (κ3) is 7.56. The lowest BCUT2D eigenvalue weighted by Gasteiger charge is -2.26. The molecule has 0 atom stereocenters. The molecular weight excluding hydrogens is 610 g/mol. The number of rotatable bonds is 14. The van der Waals surface area contributed by atoms with Crippen molar-refractivity contribution in [1.29, 1.82) is 0 Å². The molecule has 15 heteroatoms. The standard InChI is InChI=1S/C27H32ClN3O9S2/c1-30(2)41(33,34)21-9-7-20(8-10-21)40-15-14-29-27(32)18-31(23-16-19(28)6-12-24(23)37-3)42(35,36)22-11-13-25(38-4)26(17-22)39-5/h6-13,16-17H,14-15,18H2,1-5H3,(H,29,32). The van der Waals surface area contributed by atoms with Crippen molar-refractivity contribution in [2.45, 2.75) is 9.79 Å². The highest BCUT2D eigenvalue weighted by Gasteiger charge is 2.30. The molecule has 0 aromatic heterocycles.